The molecule has 0 N–H and O–H groups in total. The normalized spacial score (nSPS) is 16.4. The summed E-state index contributed by atoms with van der Waals surface area (Å²) in [6.07, 6.45) is 0.390. The van der Waals surface area contributed by atoms with Crippen molar-refractivity contribution < 1.29 is 14.1 Å². The van der Waals surface area contributed by atoms with E-state index in [0.717, 1.165) is 11.3 Å². The number of carbonyl (C=O) groups excluding carboxylic acids is 1. The average Bonchev–Trinajstić information content (AvgIpc) is 3.28. The van der Waals surface area contributed by atoms with Crippen LogP contribution in [0.1, 0.15) is 11.3 Å². The fourth-order valence-corrected chi connectivity index (χ4v) is 4.65. The summed E-state index contributed by atoms with van der Waals surface area (Å²) in [5, 5.41) is 10.6. The van der Waals surface area contributed by atoms with E-state index in [0.29, 0.717) is 27.8 Å². The number of nitrogens with zero attached hydrogens (tertiary/aromatic N) is 2. The Morgan fingerprint density at radius 3 is 2.66 bits per heavy atom. The van der Waals surface area contributed by atoms with Gasteiger partial charge in [0.1, 0.15) is 15.8 Å². The quantitative estimate of drug-likeness (QED) is 0.321. The highest BCUT2D eigenvalue weighted by molar-refractivity contribution is 8.25. The number of nitro benzene ring substituents is 1. The van der Waals surface area contributed by atoms with E-state index in [1.165, 1.54) is 23.9 Å². The molecule has 0 bridgehead atoms. The molecule has 1 amide bonds. The van der Waals surface area contributed by atoms with Crippen molar-refractivity contribution in [3.8, 4) is 11.3 Å². The highest BCUT2D eigenvalue weighted by Crippen LogP contribution is 2.35. The minimum Gasteiger partial charge on any atom is -0.461 e. The molecule has 1 saturated heterocycles. The summed E-state index contributed by atoms with van der Waals surface area (Å²) in [7, 11) is 0. The van der Waals surface area contributed by atoms with Crippen LogP contribution >= 0.6 is 24.0 Å². The largest absolute Gasteiger partial charge is 0.461 e. The van der Waals surface area contributed by atoms with Crippen LogP contribution < -0.4 is 4.90 Å². The number of rotatable bonds is 5. The van der Waals surface area contributed by atoms with Gasteiger partial charge in [-0.1, -0.05) is 53.8 Å². The number of anilines is 1. The van der Waals surface area contributed by atoms with Crippen molar-refractivity contribution in [2.75, 3.05) is 4.90 Å². The minimum absolute atomic E-state index is 0.000986. The van der Waals surface area contributed by atoms with Gasteiger partial charge in [-0.15, -0.1) is 0 Å². The maximum Gasteiger partial charge on any atom is 0.270 e. The number of furan rings is 1. The lowest BCUT2D eigenvalue weighted by Crippen LogP contribution is -2.31. The molecule has 1 aromatic heterocycles. The van der Waals surface area contributed by atoms with Gasteiger partial charge in [0.25, 0.3) is 5.69 Å². The molecule has 3 aromatic rings. The number of thioether (sulfide) groups is 1. The summed E-state index contributed by atoms with van der Waals surface area (Å²) in [5.74, 6) is 1.08. The molecular formula is C21H16N2O4S2. The molecule has 8 heteroatoms. The van der Waals surface area contributed by atoms with Crippen molar-refractivity contribution in [2.24, 2.45) is 0 Å². The number of carbonyl (C=O) groups is 1. The summed E-state index contributed by atoms with van der Waals surface area (Å²) in [5.41, 5.74) is 2.49. The third-order valence-electron chi connectivity index (χ3n) is 4.60. The number of thiocarbonyl (C=S) groups is 1. The highest BCUT2D eigenvalue weighted by atomic mass is 32.2. The van der Waals surface area contributed by atoms with E-state index in [1.54, 1.807) is 29.2 Å². The third-order valence-corrected chi connectivity index (χ3v) is 6.11. The van der Waals surface area contributed by atoms with Crippen LogP contribution in [0.5, 0.6) is 0 Å². The molecule has 1 atom stereocenters. The zero-order valence-corrected chi connectivity index (χ0v) is 17.0. The number of nitro groups is 1. The molecule has 4 rings (SSSR count). The van der Waals surface area contributed by atoms with Crippen LogP contribution in [0.15, 0.2) is 65.1 Å². The van der Waals surface area contributed by atoms with Crippen LogP contribution in [-0.2, 0) is 11.2 Å². The van der Waals surface area contributed by atoms with Crippen molar-refractivity contribution in [3.63, 3.8) is 0 Å². The first kappa shape index (κ1) is 19.4. The number of aryl methyl sites for hydroxylation is 1. The molecular weight excluding hydrogens is 408 g/mol. The lowest BCUT2D eigenvalue weighted by molar-refractivity contribution is -0.384. The summed E-state index contributed by atoms with van der Waals surface area (Å²) in [6.45, 7) is 1.99. The molecule has 29 heavy (non-hydrogen) atoms. The summed E-state index contributed by atoms with van der Waals surface area (Å²) in [4.78, 5) is 25.0. The minimum atomic E-state index is -0.443. The maximum absolute atomic E-state index is 12.9. The molecule has 146 valence electrons. The molecule has 1 unspecified atom stereocenters. The van der Waals surface area contributed by atoms with Gasteiger partial charge in [-0.2, -0.15) is 0 Å². The number of benzene rings is 2. The zero-order chi connectivity index (χ0) is 20.5. The summed E-state index contributed by atoms with van der Waals surface area (Å²) >= 11 is 6.77. The predicted molar refractivity (Wildman–Crippen MR) is 117 cm³/mol. The predicted octanol–water partition coefficient (Wildman–Crippen LogP) is 5.14. The molecule has 6 nitrogen and oxygen atoms in total. The number of non-ortho nitro benzene ring substituents is 1. The van der Waals surface area contributed by atoms with Gasteiger partial charge >= 0.3 is 0 Å². The molecule has 2 heterocycles. The number of hydrogen-bond donors (Lipinski definition) is 0. The van der Waals surface area contributed by atoms with Gasteiger partial charge in [0, 0.05) is 24.1 Å². The molecule has 1 aliphatic rings. The van der Waals surface area contributed by atoms with Crippen LogP contribution in [-0.4, -0.2) is 20.4 Å². The first-order valence-corrected chi connectivity index (χ1v) is 10.2. The Labute approximate surface area is 176 Å². The van der Waals surface area contributed by atoms with E-state index >= 15 is 0 Å². The lowest BCUT2D eigenvalue weighted by Gasteiger charge is -2.15. The fraction of sp³-hybridized carbons (Fsp3) is 0.143. The van der Waals surface area contributed by atoms with Gasteiger partial charge in [0.15, 0.2) is 0 Å². The Hall–Kier alpha value is -2.97. The molecule has 0 aliphatic carbocycles. The average molecular weight is 425 g/mol. The maximum atomic E-state index is 12.9. The van der Waals surface area contributed by atoms with Crippen molar-refractivity contribution in [1.29, 1.82) is 0 Å². The second-order valence-corrected chi connectivity index (χ2v) is 8.50. The topological polar surface area (TPSA) is 76.6 Å². The van der Waals surface area contributed by atoms with Gasteiger partial charge in [-0.05, 0) is 31.2 Å². The van der Waals surface area contributed by atoms with Gasteiger partial charge in [0.2, 0.25) is 5.91 Å². The molecule has 0 radical (unpaired) electrons. The second kappa shape index (κ2) is 7.81. The van der Waals surface area contributed by atoms with Crippen molar-refractivity contribution in [1.82, 2.24) is 0 Å². The zero-order valence-electron chi connectivity index (χ0n) is 15.4. The van der Waals surface area contributed by atoms with Crippen LogP contribution in [0, 0.1) is 17.0 Å². The number of amides is 1. The van der Waals surface area contributed by atoms with Gasteiger partial charge in [0.05, 0.1) is 15.9 Å². The van der Waals surface area contributed by atoms with Crippen LogP contribution in [0.3, 0.4) is 0 Å². The van der Waals surface area contributed by atoms with E-state index in [1.807, 2.05) is 31.2 Å². The van der Waals surface area contributed by atoms with Gasteiger partial charge < -0.3 is 4.42 Å². The number of hydrogen-bond acceptors (Lipinski definition) is 6. The molecule has 0 saturated carbocycles. The van der Waals surface area contributed by atoms with Crippen molar-refractivity contribution in [3.05, 3.63) is 82.1 Å². The Bertz CT molecular complexity index is 1110. The van der Waals surface area contributed by atoms with Crippen LogP contribution in [0.25, 0.3) is 11.3 Å². The first-order valence-electron chi connectivity index (χ1n) is 8.87. The summed E-state index contributed by atoms with van der Waals surface area (Å²) < 4.78 is 6.38. The third kappa shape index (κ3) is 3.94. The smallest absolute Gasteiger partial charge is 0.270 e. The van der Waals surface area contributed by atoms with E-state index in [9.17, 15) is 14.9 Å². The Balaban J connectivity index is 1.51. The molecule has 2 aromatic carbocycles. The highest BCUT2D eigenvalue weighted by Gasteiger charge is 2.38. The Morgan fingerprint density at radius 2 is 1.93 bits per heavy atom. The SMILES string of the molecule is Cc1ccc(N2C(=O)C(Cc3ccc(-c4cccc([N+](=O)[O-])c4)o3)SC2=S)cc1. The fourth-order valence-electron chi connectivity index (χ4n) is 3.11. The first-order chi connectivity index (χ1) is 13.9. The van der Waals surface area contributed by atoms with Crippen molar-refractivity contribution in [2.45, 2.75) is 18.6 Å². The van der Waals surface area contributed by atoms with Crippen molar-refractivity contribution >= 4 is 45.6 Å². The molecule has 0 spiro atoms. The van der Waals surface area contributed by atoms with Crippen LogP contribution in [0.4, 0.5) is 11.4 Å². The lowest BCUT2D eigenvalue weighted by atomic mass is 10.1. The van der Waals surface area contributed by atoms with E-state index in [2.05, 4.69) is 0 Å². The van der Waals surface area contributed by atoms with E-state index in [4.69, 9.17) is 16.6 Å². The molecule has 1 fully saturated rings. The van der Waals surface area contributed by atoms with Gasteiger partial charge in [-0.25, -0.2) is 0 Å². The summed E-state index contributed by atoms with van der Waals surface area (Å²) in [6, 6.07) is 17.5. The standard InChI is InChI=1S/C21H16N2O4S2/c1-13-5-7-15(8-6-13)22-20(24)19(29-21(22)28)12-17-9-10-18(27-17)14-3-2-4-16(11-14)23(25)26/h2-11,19H,12H2,1H3. The Kier molecular flexibility index (Phi) is 5.21. The Morgan fingerprint density at radius 1 is 1.17 bits per heavy atom. The van der Waals surface area contributed by atoms with Gasteiger partial charge in [-0.3, -0.25) is 19.8 Å². The molecule has 1 aliphatic heterocycles. The van der Waals surface area contributed by atoms with E-state index in [-0.39, 0.29) is 16.8 Å². The van der Waals surface area contributed by atoms with E-state index < -0.39 is 4.92 Å². The second-order valence-electron chi connectivity index (χ2n) is 6.66. The van der Waals surface area contributed by atoms with Crippen LogP contribution in [0.2, 0.25) is 0 Å². The monoisotopic (exact) mass is 424 g/mol.